The van der Waals surface area contributed by atoms with Gasteiger partial charge in [-0.25, -0.2) is 4.79 Å². The molecule has 1 amide bonds. The minimum atomic E-state index is -0.524. The molecule has 0 rings (SSSR count). The lowest BCUT2D eigenvalue weighted by Crippen LogP contribution is -2.38. The van der Waals surface area contributed by atoms with Crippen LogP contribution < -0.4 is 5.32 Å². The summed E-state index contributed by atoms with van der Waals surface area (Å²) in [7, 11) is 0. The van der Waals surface area contributed by atoms with Crippen LogP contribution in [-0.2, 0) is 4.74 Å². The molecule has 5 nitrogen and oxygen atoms in total. The van der Waals surface area contributed by atoms with Gasteiger partial charge in [0.2, 0.25) is 0 Å². The van der Waals surface area contributed by atoms with Gasteiger partial charge in [0, 0.05) is 0 Å². The molecule has 0 spiro atoms. The molecule has 1 unspecified atom stereocenters. The maximum atomic E-state index is 11.1. The fraction of sp³-hybridized carbons (Fsp3) is 0.875. The van der Waals surface area contributed by atoms with Gasteiger partial charge in [-0.1, -0.05) is 5.18 Å². The molecule has 0 bridgehead atoms. The van der Waals surface area contributed by atoms with Crippen LogP contribution in [0.2, 0.25) is 0 Å². The third-order valence-corrected chi connectivity index (χ3v) is 1.11. The highest BCUT2D eigenvalue weighted by Gasteiger charge is 2.17. The highest BCUT2D eigenvalue weighted by molar-refractivity contribution is 5.68. The molecule has 0 fully saturated rings. The van der Waals surface area contributed by atoms with Crippen LogP contribution in [0, 0.1) is 4.91 Å². The van der Waals surface area contributed by atoms with Gasteiger partial charge in [0.05, 0.1) is 6.04 Å². The van der Waals surface area contributed by atoms with Crippen molar-refractivity contribution in [3.05, 3.63) is 4.91 Å². The average molecular weight is 188 g/mol. The smallest absolute Gasteiger partial charge is 0.407 e. The third-order valence-electron chi connectivity index (χ3n) is 1.11. The van der Waals surface area contributed by atoms with Crippen molar-refractivity contribution in [3.8, 4) is 0 Å². The van der Waals surface area contributed by atoms with Crippen LogP contribution in [0.5, 0.6) is 0 Å². The maximum absolute atomic E-state index is 11.1. The molecule has 13 heavy (non-hydrogen) atoms. The van der Waals surface area contributed by atoms with Crippen molar-refractivity contribution in [1.82, 2.24) is 5.32 Å². The Kier molecular flexibility index (Phi) is 4.37. The van der Waals surface area contributed by atoms with Gasteiger partial charge in [-0.2, -0.15) is 4.91 Å². The summed E-state index contributed by atoms with van der Waals surface area (Å²) in [5.41, 5.74) is -0.515. The van der Waals surface area contributed by atoms with Crippen LogP contribution in [0.1, 0.15) is 27.7 Å². The van der Waals surface area contributed by atoms with E-state index in [-0.39, 0.29) is 12.6 Å². The first-order chi connectivity index (χ1) is 5.85. The van der Waals surface area contributed by atoms with Gasteiger partial charge in [0.15, 0.2) is 0 Å². The van der Waals surface area contributed by atoms with Crippen LogP contribution >= 0.6 is 0 Å². The number of ether oxygens (including phenoxy) is 1. The van der Waals surface area contributed by atoms with Crippen LogP contribution in [0.4, 0.5) is 4.79 Å². The van der Waals surface area contributed by atoms with Crippen molar-refractivity contribution in [2.75, 3.05) is 6.54 Å². The number of carbonyl (C=O) groups is 1. The highest BCUT2D eigenvalue weighted by Crippen LogP contribution is 2.06. The number of hydrogen-bond donors (Lipinski definition) is 1. The van der Waals surface area contributed by atoms with E-state index in [0.29, 0.717) is 0 Å². The molecule has 0 aromatic heterocycles. The van der Waals surface area contributed by atoms with E-state index >= 15 is 0 Å². The van der Waals surface area contributed by atoms with E-state index in [1.54, 1.807) is 27.7 Å². The van der Waals surface area contributed by atoms with Crippen LogP contribution in [-0.4, -0.2) is 24.3 Å². The molecule has 5 heteroatoms. The molecule has 0 aliphatic heterocycles. The molecular formula is C8H16N2O3. The summed E-state index contributed by atoms with van der Waals surface area (Å²) in [6, 6.07) is -0.285. The molecule has 1 N–H and O–H groups in total. The Balaban J connectivity index is 3.81. The van der Waals surface area contributed by atoms with E-state index in [2.05, 4.69) is 10.5 Å². The Bertz CT molecular complexity index is 186. The topological polar surface area (TPSA) is 67.8 Å². The van der Waals surface area contributed by atoms with Gasteiger partial charge in [-0.3, -0.25) is 0 Å². The van der Waals surface area contributed by atoms with Gasteiger partial charge in [0.25, 0.3) is 0 Å². The molecule has 0 radical (unpaired) electrons. The summed E-state index contributed by atoms with van der Waals surface area (Å²) < 4.78 is 4.96. The Labute approximate surface area is 77.8 Å². The summed E-state index contributed by atoms with van der Waals surface area (Å²) in [4.78, 5) is 20.9. The van der Waals surface area contributed by atoms with E-state index in [9.17, 15) is 9.70 Å². The van der Waals surface area contributed by atoms with Gasteiger partial charge < -0.3 is 10.1 Å². The molecule has 0 aliphatic carbocycles. The van der Waals surface area contributed by atoms with E-state index in [4.69, 9.17) is 4.74 Å². The lowest BCUT2D eigenvalue weighted by Gasteiger charge is -2.21. The van der Waals surface area contributed by atoms with Crippen LogP contribution in [0.15, 0.2) is 5.18 Å². The predicted octanol–water partition coefficient (Wildman–Crippen LogP) is 1.67. The first-order valence-corrected chi connectivity index (χ1v) is 4.14. The average Bonchev–Trinajstić information content (AvgIpc) is 1.81. The standard InChI is InChI=1S/C8H16N2O3/c1-6(5-9-12)10-7(11)13-8(2,3)4/h6H,5H2,1-4H3,(H,10,11). The lowest BCUT2D eigenvalue weighted by atomic mass is 10.2. The molecule has 0 heterocycles. The first-order valence-electron chi connectivity index (χ1n) is 4.14. The van der Waals surface area contributed by atoms with Gasteiger partial charge >= 0.3 is 6.09 Å². The largest absolute Gasteiger partial charge is 0.444 e. The highest BCUT2D eigenvalue weighted by atomic mass is 16.6. The van der Waals surface area contributed by atoms with E-state index < -0.39 is 11.7 Å². The summed E-state index contributed by atoms with van der Waals surface area (Å²) in [6.07, 6.45) is -0.524. The number of hydrogen-bond acceptors (Lipinski definition) is 4. The summed E-state index contributed by atoms with van der Waals surface area (Å²) in [6.45, 7) is 7.06. The molecule has 0 aliphatic rings. The summed E-state index contributed by atoms with van der Waals surface area (Å²) >= 11 is 0. The van der Waals surface area contributed by atoms with E-state index in [1.807, 2.05) is 0 Å². The molecule has 0 aromatic carbocycles. The lowest BCUT2D eigenvalue weighted by molar-refractivity contribution is 0.0510. The van der Waals surface area contributed by atoms with E-state index in [0.717, 1.165) is 0 Å². The number of rotatable bonds is 3. The quantitative estimate of drug-likeness (QED) is 0.685. The fourth-order valence-corrected chi connectivity index (χ4v) is 0.666. The van der Waals surface area contributed by atoms with Crippen LogP contribution in [0.3, 0.4) is 0 Å². The minimum absolute atomic E-state index is 0.0548. The summed E-state index contributed by atoms with van der Waals surface area (Å²) in [5, 5.41) is 5.15. The van der Waals surface area contributed by atoms with Crippen molar-refractivity contribution < 1.29 is 9.53 Å². The van der Waals surface area contributed by atoms with Crippen molar-refractivity contribution in [3.63, 3.8) is 0 Å². The molecular weight excluding hydrogens is 172 g/mol. The van der Waals surface area contributed by atoms with Crippen molar-refractivity contribution in [2.24, 2.45) is 5.18 Å². The second kappa shape index (κ2) is 4.79. The van der Waals surface area contributed by atoms with Gasteiger partial charge in [-0.05, 0) is 27.7 Å². The van der Waals surface area contributed by atoms with Crippen LogP contribution in [0.25, 0.3) is 0 Å². The second-order valence-corrected chi connectivity index (χ2v) is 3.86. The molecule has 1 atom stereocenters. The van der Waals surface area contributed by atoms with E-state index in [1.165, 1.54) is 0 Å². The Morgan fingerprint density at radius 2 is 2.08 bits per heavy atom. The molecule has 0 aromatic rings. The monoisotopic (exact) mass is 188 g/mol. The normalized spacial score (nSPS) is 13.2. The van der Waals surface area contributed by atoms with Gasteiger partial charge in [-0.15, -0.1) is 0 Å². The SMILES string of the molecule is CC(CN=O)NC(=O)OC(C)(C)C. The van der Waals surface area contributed by atoms with Gasteiger partial charge in [0.1, 0.15) is 12.1 Å². The van der Waals surface area contributed by atoms with Crippen molar-refractivity contribution >= 4 is 6.09 Å². The number of nitroso groups, excluding NO2 is 1. The second-order valence-electron chi connectivity index (χ2n) is 3.86. The number of nitrogens with one attached hydrogen (secondary N) is 1. The number of nitrogens with zero attached hydrogens (tertiary/aromatic N) is 1. The Morgan fingerprint density at radius 3 is 2.46 bits per heavy atom. The minimum Gasteiger partial charge on any atom is -0.444 e. The maximum Gasteiger partial charge on any atom is 0.407 e. The fourth-order valence-electron chi connectivity index (χ4n) is 0.666. The Morgan fingerprint density at radius 1 is 1.54 bits per heavy atom. The number of amides is 1. The molecule has 76 valence electrons. The third kappa shape index (κ3) is 7.24. The Hall–Kier alpha value is -1.13. The first kappa shape index (κ1) is 11.9. The van der Waals surface area contributed by atoms with Crippen molar-refractivity contribution in [2.45, 2.75) is 39.3 Å². The zero-order chi connectivity index (χ0) is 10.5. The number of alkyl carbamates (subject to hydrolysis) is 1. The zero-order valence-electron chi connectivity index (χ0n) is 8.46. The number of carbonyl (C=O) groups excluding carboxylic acids is 1. The molecule has 0 saturated heterocycles. The van der Waals surface area contributed by atoms with Crippen molar-refractivity contribution in [1.29, 1.82) is 0 Å². The zero-order valence-corrected chi connectivity index (χ0v) is 8.46. The summed E-state index contributed by atoms with van der Waals surface area (Å²) in [5.74, 6) is 0. The predicted molar refractivity (Wildman–Crippen MR) is 49.5 cm³/mol. The molecule has 0 saturated carbocycles.